The van der Waals surface area contributed by atoms with Crippen molar-refractivity contribution in [3.8, 4) is 0 Å². The monoisotopic (exact) mass is 450 g/mol. The van der Waals surface area contributed by atoms with E-state index < -0.39 is 10.0 Å². The summed E-state index contributed by atoms with van der Waals surface area (Å²) in [5, 5.41) is 2.97. The number of carbonyl (C=O) groups is 1. The molecule has 3 rings (SSSR count). The zero-order valence-electron chi connectivity index (χ0n) is 19.0. The summed E-state index contributed by atoms with van der Waals surface area (Å²) in [7, 11) is -3.27. The van der Waals surface area contributed by atoms with E-state index in [9.17, 15) is 13.2 Å². The van der Waals surface area contributed by atoms with Gasteiger partial charge >= 0.3 is 0 Å². The van der Waals surface area contributed by atoms with Crippen LogP contribution in [-0.4, -0.2) is 50.7 Å². The molecule has 174 valence electrons. The van der Waals surface area contributed by atoms with Gasteiger partial charge in [0, 0.05) is 49.7 Å². The zero-order chi connectivity index (χ0) is 22.3. The highest BCUT2D eigenvalue weighted by Gasteiger charge is 2.39. The number of rotatable bonds is 9. The zero-order valence-corrected chi connectivity index (χ0v) is 19.8. The summed E-state index contributed by atoms with van der Waals surface area (Å²) >= 11 is 0. The first-order chi connectivity index (χ1) is 14.8. The Balaban J connectivity index is 1.39. The molecule has 1 aliphatic carbocycles. The first-order valence-electron chi connectivity index (χ1n) is 11.8. The van der Waals surface area contributed by atoms with E-state index in [0.717, 1.165) is 45.2 Å². The van der Waals surface area contributed by atoms with Crippen molar-refractivity contribution in [2.24, 2.45) is 11.3 Å². The molecule has 0 unspecified atom stereocenters. The Morgan fingerprint density at radius 1 is 1.19 bits per heavy atom. The molecule has 1 saturated heterocycles. The molecule has 2 fully saturated rings. The molecule has 1 amide bonds. The van der Waals surface area contributed by atoms with Crippen molar-refractivity contribution in [3.63, 3.8) is 0 Å². The molecular formula is C23H38N4O3S. The molecule has 7 nitrogen and oxygen atoms in total. The number of carbonyl (C=O) groups excluding carboxylic acids is 1. The maximum atomic E-state index is 12.6. The Labute approximate surface area is 187 Å². The molecule has 2 N–H and O–H groups in total. The Bertz CT molecular complexity index is 797. The molecule has 1 saturated carbocycles. The Morgan fingerprint density at radius 3 is 2.45 bits per heavy atom. The quantitative estimate of drug-likeness (QED) is 0.603. The summed E-state index contributed by atoms with van der Waals surface area (Å²) in [4.78, 5) is 19.2. The van der Waals surface area contributed by atoms with E-state index in [-0.39, 0.29) is 23.6 Å². The third-order valence-electron chi connectivity index (χ3n) is 7.00. The van der Waals surface area contributed by atoms with Crippen molar-refractivity contribution in [1.29, 1.82) is 0 Å². The number of anilines is 1. The minimum Gasteiger partial charge on any atom is -0.371 e. The van der Waals surface area contributed by atoms with Crippen LogP contribution in [-0.2, 0) is 14.8 Å². The van der Waals surface area contributed by atoms with Crippen LogP contribution < -0.4 is 14.9 Å². The highest BCUT2D eigenvalue weighted by molar-refractivity contribution is 7.89. The number of pyridine rings is 1. The summed E-state index contributed by atoms with van der Waals surface area (Å²) < 4.78 is 26.7. The van der Waals surface area contributed by atoms with Crippen LogP contribution in [0.15, 0.2) is 24.5 Å². The first-order valence-corrected chi connectivity index (χ1v) is 13.4. The summed E-state index contributed by atoms with van der Waals surface area (Å²) in [6, 6.07) is 3.85. The average Bonchev–Trinajstić information content (AvgIpc) is 2.77. The number of sulfonamides is 1. The largest absolute Gasteiger partial charge is 0.371 e. The van der Waals surface area contributed by atoms with Gasteiger partial charge in [-0.05, 0) is 69.4 Å². The number of piperidine rings is 1. The Kier molecular flexibility index (Phi) is 8.33. The lowest BCUT2D eigenvalue weighted by Crippen LogP contribution is -2.46. The van der Waals surface area contributed by atoms with Gasteiger partial charge < -0.3 is 10.2 Å². The third kappa shape index (κ3) is 6.91. The average molecular weight is 451 g/mol. The van der Waals surface area contributed by atoms with Gasteiger partial charge in [0.2, 0.25) is 15.9 Å². The second kappa shape index (κ2) is 10.8. The fourth-order valence-corrected chi connectivity index (χ4v) is 6.41. The van der Waals surface area contributed by atoms with Gasteiger partial charge in [0.05, 0.1) is 5.75 Å². The number of hydrogen-bond donors (Lipinski definition) is 2. The van der Waals surface area contributed by atoms with Crippen molar-refractivity contribution < 1.29 is 13.2 Å². The topological polar surface area (TPSA) is 91.4 Å². The standard InChI is InChI=1S/C23H38N4O3S/c1-3-4-17-31(29,30)26-19(2)18-25-22(28)20-5-9-23(10-6-20)11-15-27(16-12-23)21-7-13-24-14-8-21/h7-8,13-14,19-20,26H,3-6,9-12,15-18H2,1-2H3,(H,25,28)/t19-/m1/s1. The van der Waals surface area contributed by atoms with Gasteiger partial charge in [-0.25, -0.2) is 13.1 Å². The van der Waals surface area contributed by atoms with Crippen molar-refractivity contribution in [2.75, 3.05) is 30.3 Å². The fraction of sp³-hybridized carbons (Fsp3) is 0.739. The lowest BCUT2D eigenvalue weighted by atomic mass is 9.65. The summed E-state index contributed by atoms with van der Waals surface area (Å²) in [5.74, 6) is 0.266. The van der Waals surface area contributed by atoms with E-state index in [4.69, 9.17) is 0 Å². The smallest absolute Gasteiger partial charge is 0.223 e. The molecule has 1 atom stereocenters. The number of nitrogens with zero attached hydrogens (tertiary/aromatic N) is 2. The highest BCUT2D eigenvalue weighted by atomic mass is 32.2. The van der Waals surface area contributed by atoms with Crippen molar-refractivity contribution in [1.82, 2.24) is 15.0 Å². The molecule has 1 aromatic rings. The summed E-state index contributed by atoms with van der Waals surface area (Å²) in [6.45, 7) is 6.24. The number of amides is 1. The maximum absolute atomic E-state index is 12.6. The molecule has 1 spiro atoms. The Morgan fingerprint density at radius 2 is 1.84 bits per heavy atom. The Hall–Kier alpha value is -1.67. The van der Waals surface area contributed by atoms with E-state index in [0.29, 0.717) is 18.4 Å². The van der Waals surface area contributed by atoms with Crippen LogP contribution in [0, 0.1) is 11.3 Å². The lowest BCUT2D eigenvalue weighted by Gasteiger charge is -2.46. The SMILES string of the molecule is CCCCS(=O)(=O)N[C@H](C)CNC(=O)C1CCC2(CC1)CCN(c1ccncc1)CC2. The molecule has 0 bridgehead atoms. The van der Waals surface area contributed by atoms with Gasteiger partial charge in [0.25, 0.3) is 0 Å². The summed E-state index contributed by atoms with van der Waals surface area (Å²) in [5.41, 5.74) is 1.63. The van der Waals surface area contributed by atoms with Gasteiger partial charge in [-0.15, -0.1) is 0 Å². The molecule has 0 aromatic carbocycles. The van der Waals surface area contributed by atoms with E-state index in [2.05, 4.69) is 32.1 Å². The van der Waals surface area contributed by atoms with E-state index >= 15 is 0 Å². The highest BCUT2D eigenvalue weighted by Crippen LogP contribution is 2.46. The number of nitrogens with one attached hydrogen (secondary N) is 2. The van der Waals surface area contributed by atoms with Crippen molar-refractivity contribution in [3.05, 3.63) is 24.5 Å². The van der Waals surface area contributed by atoms with Gasteiger partial charge in [0.1, 0.15) is 0 Å². The molecule has 2 aliphatic rings. The van der Waals surface area contributed by atoms with Crippen LogP contribution in [0.2, 0.25) is 0 Å². The predicted molar refractivity (Wildman–Crippen MR) is 124 cm³/mol. The molecule has 0 radical (unpaired) electrons. The van der Waals surface area contributed by atoms with E-state index in [1.165, 1.54) is 18.5 Å². The lowest BCUT2D eigenvalue weighted by molar-refractivity contribution is -0.127. The van der Waals surface area contributed by atoms with Crippen molar-refractivity contribution >= 4 is 21.6 Å². The van der Waals surface area contributed by atoms with Crippen LogP contribution in [0.4, 0.5) is 5.69 Å². The van der Waals surface area contributed by atoms with Crippen LogP contribution in [0.3, 0.4) is 0 Å². The maximum Gasteiger partial charge on any atom is 0.223 e. The van der Waals surface area contributed by atoms with Crippen LogP contribution in [0.1, 0.15) is 65.2 Å². The predicted octanol–water partition coefficient (Wildman–Crippen LogP) is 3.08. The molecule has 1 aromatic heterocycles. The van der Waals surface area contributed by atoms with Gasteiger partial charge in [-0.2, -0.15) is 0 Å². The fourth-order valence-electron chi connectivity index (χ4n) is 4.93. The van der Waals surface area contributed by atoms with E-state index in [1.807, 2.05) is 19.3 Å². The summed E-state index contributed by atoms with van der Waals surface area (Å²) in [6.07, 6.45) is 11.6. The second-order valence-corrected chi connectivity index (χ2v) is 11.3. The van der Waals surface area contributed by atoms with Gasteiger partial charge in [-0.3, -0.25) is 9.78 Å². The minimum atomic E-state index is -3.27. The van der Waals surface area contributed by atoms with Crippen LogP contribution in [0.5, 0.6) is 0 Å². The van der Waals surface area contributed by atoms with Gasteiger partial charge in [0.15, 0.2) is 0 Å². The molecule has 8 heteroatoms. The minimum absolute atomic E-state index is 0.0488. The number of unbranched alkanes of at least 4 members (excludes halogenated alkanes) is 1. The third-order valence-corrected chi connectivity index (χ3v) is 8.59. The van der Waals surface area contributed by atoms with Crippen molar-refractivity contribution in [2.45, 2.75) is 71.3 Å². The van der Waals surface area contributed by atoms with E-state index in [1.54, 1.807) is 6.92 Å². The van der Waals surface area contributed by atoms with Crippen LogP contribution in [0.25, 0.3) is 0 Å². The second-order valence-electron chi connectivity index (χ2n) is 9.40. The van der Waals surface area contributed by atoms with Crippen LogP contribution >= 0.6 is 0 Å². The van der Waals surface area contributed by atoms with Gasteiger partial charge in [-0.1, -0.05) is 13.3 Å². The normalized spacial score (nSPS) is 20.5. The molecule has 1 aliphatic heterocycles. The molecule has 2 heterocycles. The molecular weight excluding hydrogens is 412 g/mol. The number of hydrogen-bond acceptors (Lipinski definition) is 5. The first kappa shape index (κ1) is 24.0. The molecule has 31 heavy (non-hydrogen) atoms. The number of aromatic nitrogens is 1.